The van der Waals surface area contributed by atoms with E-state index in [1.807, 2.05) is 0 Å². The van der Waals surface area contributed by atoms with E-state index in [2.05, 4.69) is 32.6 Å². The molecule has 1 heterocycles. The Kier molecular flexibility index (Phi) is 7.90. The molecule has 0 bridgehead atoms. The van der Waals surface area contributed by atoms with Crippen LogP contribution in [-0.4, -0.2) is 31.3 Å². The van der Waals surface area contributed by atoms with Gasteiger partial charge in [-0.3, -0.25) is 14.8 Å². The summed E-state index contributed by atoms with van der Waals surface area (Å²) in [5.41, 5.74) is 1.25. The first-order valence-electron chi connectivity index (χ1n) is 8.74. The van der Waals surface area contributed by atoms with Gasteiger partial charge in [0.25, 0.3) is 12.3 Å². The van der Waals surface area contributed by atoms with Gasteiger partial charge in [-0.2, -0.15) is 0 Å². The monoisotopic (exact) mass is 405 g/mol. The standard InChI is InChI=1S/C20H22F3N5O/c1-12(25-3)17(14-5-4-6-15(21)8-14)27-11-28-20(29)16-7-13(9-24-2)10-26-18(16)19(22)23/h4-8,10,19,24,27H,3,9,11H2,1-2H3,(H,28,29)/b17-12-. The van der Waals surface area contributed by atoms with Crippen LogP contribution in [-0.2, 0) is 6.54 Å². The summed E-state index contributed by atoms with van der Waals surface area (Å²) in [6.45, 7) is 5.40. The van der Waals surface area contributed by atoms with Gasteiger partial charge < -0.3 is 16.0 Å². The van der Waals surface area contributed by atoms with Crippen molar-refractivity contribution < 1.29 is 18.0 Å². The zero-order chi connectivity index (χ0) is 21.4. The summed E-state index contributed by atoms with van der Waals surface area (Å²) in [6, 6.07) is 7.19. The van der Waals surface area contributed by atoms with Gasteiger partial charge in [0.05, 0.1) is 23.6 Å². The average molecular weight is 405 g/mol. The zero-order valence-electron chi connectivity index (χ0n) is 16.1. The minimum Gasteiger partial charge on any atom is -0.366 e. The highest BCUT2D eigenvalue weighted by molar-refractivity contribution is 5.95. The van der Waals surface area contributed by atoms with Crippen molar-refractivity contribution in [3.8, 4) is 0 Å². The van der Waals surface area contributed by atoms with Crippen LogP contribution in [0.4, 0.5) is 13.2 Å². The van der Waals surface area contributed by atoms with Crippen molar-refractivity contribution in [1.82, 2.24) is 20.9 Å². The summed E-state index contributed by atoms with van der Waals surface area (Å²) in [4.78, 5) is 20.0. The van der Waals surface area contributed by atoms with E-state index < -0.39 is 23.8 Å². The van der Waals surface area contributed by atoms with Gasteiger partial charge >= 0.3 is 0 Å². The number of carbonyl (C=O) groups is 1. The van der Waals surface area contributed by atoms with Gasteiger partial charge in [0.15, 0.2) is 0 Å². The lowest BCUT2D eigenvalue weighted by molar-refractivity contribution is 0.0935. The van der Waals surface area contributed by atoms with Crippen molar-refractivity contribution >= 4 is 18.3 Å². The van der Waals surface area contributed by atoms with E-state index in [-0.39, 0.29) is 12.2 Å². The summed E-state index contributed by atoms with van der Waals surface area (Å²) >= 11 is 0. The Hall–Kier alpha value is -3.20. The van der Waals surface area contributed by atoms with E-state index in [0.29, 0.717) is 29.1 Å². The molecule has 0 aliphatic carbocycles. The Labute approximate surface area is 167 Å². The van der Waals surface area contributed by atoms with Crippen LogP contribution in [0.2, 0.25) is 0 Å². The molecule has 0 atom stereocenters. The van der Waals surface area contributed by atoms with E-state index in [1.54, 1.807) is 20.0 Å². The highest BCUT2D eigenvalue weighted by atomic mass is 19.3. The maximum Gasteiger partial charge on any atom is 0.281 e. The average Bonchev–Trinajstić information content (AvgIpc) is 2.70. The third-order valence-electron chi connectivity index (χ3n) is 4.03. The fourth-order valence-electron chi connectivity index (χ4n) is 2.65. The van der Waals surface area contributed by atoms with E-state index in [9.17, 15) is 18.0 Å². The fourth-order valence-corrected chi connectivity index (χ4v) is 2.65. The summed E-state index contributed by atoms with van der Waals surface area (Å²) < 4.78 is 40.0. The van der Waals surface area contributed by atoms with Crippen LogP contribution >= 0.6 is 0 Å². The molecule has 0 saturated heterocycles. The molecule has 3 N–H and O–H groups in total. The molecule has 154 valence electrons. The lowest BCUT2D eigenvalue weighted by Crippen LogP contribution is -2.34. The van der Waals surface area contributed by atoms with E-state index in [4.69, 9.17) is 0 Å². The molecule has 2 aromatic rings. The van der Waals surface area contributed by atoms with Crippen LogP contribution in [0.3, 0.4) is 0 Å². The van der Waals surface area contributed by atoms with E-state index >= 15 is 0 Å². The third kappa shape index (κ3) is 5.89. The molecule has 0 spiro atoms. The SMILES string of the molecule is C=N/C(C)=C(\NCNC(=O)c1cc(CNC)cnc1C(F)F)c1cccc(F)c1. The first-order valence-corrected chi connectivity index (χ1v) is 8.74. The Bertz CT molecular complexity index is 915. The number of nitrogens with one attached hydrogen (secondary N) is 3. The predicted molar refractivity (Wildman–Crippen MR) is 106 cm³/mol. The minimum absolute atomic E-state index is 0.101. The molecule has 29 heavy (non-hydrogen) atoms. The number of rotatable bonds is 9. The second-order valence-corrected chi connectivity index (χ2v) is 6.10. The van der Waals surface area contributed by atoms with E-state index in [0.717, 1.165) is 0 Å². The van der Waals surface area contributed by atoms with Crippen molar-refractivity contribution in [3.05, 3.63) is 70.4 Å². The maximum atomic E-state index is 13.5. The minimum atomic E-state index is -2.89. The third-order valence-corrected chi connectivity index (χ3v) is 4.03. The fraction of sp³-hybridized carbons (Fsp3) is 0.250. The molecule has 0 aliphatic rings. The molecule has 1 aromatic carbocycles. The number of benzene rings is 1. The largest absolute Gasteiger partial charge is 0.366 e. The van der Waals surface area contributed by atoms with Crippen LogP contribution < -0.4 is 16.0 Å². The van der Waals surface area contributed by atoms with Crippen molar-refractivity contribution in [2.24, 2.45) is 4.99 Å². The summed E-state index contributed by atoms with van der Waals surface area (Å²) in [7, 11) is 1.70. The van der Waals surface area contributed by atoms with Crippen LogP contribution in [0, 0.1) is 5.82 Å². The molecule has 0 fully saturated rings. The molecule has 1 aromatic heterocycles. The van der Waals surface area contributed by atoms with Crippen molar-refractivity contribution in [3.63, 3.8) is 0 Å². The van der Waals surface area contributed by atoms with Gasteiger partial charge in [-0.05, 0) is 44.5 Å². The molecule has 1 amide bonds. The molecule has 2 rings (SSSR count). The number of allylic oxidation sites excluding steroid dienone is 1. The molecule has 6 nitrogen and oxygen atoms in total. The second kappa shape index (κ2) is 10.4. The number of amides is 1. The number of alkyl halides is 2. The lowest BCUT2D eigenvalue weighted by atomic mass is 10.1. The van der Waals surface area contributed by atoms with Gasteiger partial charge in [-0.25, -0.2) is 13.2 Å². The second-order valence-electron chi connectivity index (χ2n) is 6.10. The molecule has 0 radical (unpaired) electrons. The van der Waals surface area contributed by atoms with Crippen LogP contribution in [0.25, 0.3) is 5.70 Å². The molecular formula is C20H22F3N5O. The van der Waals surface area contributed by atoms with Gasteiger partial charge in [0.2, 0.25) is 0 Å². The summed E-state index contributed by atoms with van der Waals surface area (Å²) in [5, 5.41) is 8.33. The van der Waals surface area contributed by atoms with Gasteiger partial charge in [0, 0.05) is 18.3 Å². The van der Waals surface area contributed by atoms with Gasteiger partial charge in [0.1, 0.15) is 11.5 Å². The van der Waals surface area contributed by atoms with Crippen LogP contribution in [0.1, 0.15) is 40.5 Å². The predicted octanol–water partition coefficient (Wildman–Crippen LogP) is 3.24. The molecular weight excluding hydrogens is 383 g/mol. The topological polar surface area (TPSA) is 78.4 Å². The Balaban J connectivity index is 2.17. The normalized spacial score (nSPS) is 11.8. The van der Waals surface area contributed by atoms with Crippen molar-refractivity contribution in [2.75, 3.05) is 13.7 Å². The Morgan fingerprint density at radius 2 is 2.03 bits per heavy atom. The molecule has 9 heteroatoms. The zero-order valence-corrected chi connectivity index (χ0v) is 16.1. The van der Waals surface area contributed by atoms with Crippen LogP contribution in [0.15, 0.2) is 47.2 Å². The number of aromatic nitrogens is 1. The number of nitrogens with zero attached hydrogens (tertiary/aromatic N) is 2. The van der Waals surface area contributed by atoms with Crippen molar-refractivity contribution in [2.45, 2.75) is 19.9 Å². The van der Waals surface area contributed by atoms with Crippen molar-refractivity contribution in [1.29, 1.82) is 0 Å². The number of halogens is 3. The molecule has 0 aliphatic heterocycles. The quantitative estimate of drug-likeness (QED) is 0.442. The number of aliphatic imine (C=N–C) groups is 1. The first-order chi connectivity index (χ1) is 13.9. The number of pyridine rings is 1. The number of hydrogen-bond donors (Lipinski definition) is 3. The number of carbonyl (C=O) groups excluding carboxylic acids is 1. The maximum absolute atomic E-state index is 13.5. The summed E-state index contributed by atoms with van der Waals surface area (Å²) in [6.07, 6.45) is -1.58. The Morgan fingerprint density at radius 3 is 2.66 bits per heavy atom. The number of hydrogen-bond acceptors (Lipinski definition) is 5. The van der Waals surface area contributed by atoms with Gasteiger partial charge in [-0.15, -0.1) is 0 Å². The van der Waals surface area contributed by atoms with Crippen LogP contribution in [0.5, 0.6) is 0 Å². The van der Waals surface area contributed by atoms with Gasteiger partial charge in [-0.1, -0.05) is 12.1 Å². The smallest absolute Gasteiger partial charge is 0.281 e. The molecule has 0 saturated carbocycles. The molecule has 0 unspecified atom stereocenters. The van der Waals surface area contributed by atoms with E-state index in [1.165, 1.54) is 30.5 Å². The summed E-state index contributed by atoms with van der Waals surface area (Å²) in [5.74, 6) is -1.14. The highest BCUT2D eigenvalue weighted by Crippen LogP contribution is 2.22. The highest BCUT2D eigenvalue weighted by Gasteiger charge is 2.20. The Morgan fingerprint density at radius 1 is 1.28 bits per heavy atom. The first kappa shape index (κ1) is 22.1. The lowest BCUT2D eigenvalue weighted by Gasteiger charge is -2.15.